The molecule has 1 atom stereocenters. The molecule has 1 aromatic rings. The Balaban J connectivity index is 3.12. The quantitative estimate of drug-likeness (QED) is 0.570. The highest BCUT2D eigenvalue weighted by Gasteiger charge is 2.20. The molecule has 0 heterocycles. The summed E-state index contributed by atoms with van der Waals surface area (Å²) in [4.78, 5) is 10.9. The lowest BCUT2D eigenvalue weighted by molar-refractivity contribution is -0.118. The molecule has 0 fully saturated rings. The molecule has 1 unspecified atom stereocenters. The highest BCUT2D eigenvalue weighted by atomic mass is 19.1. The van der Waals surface area contributed by atoms with Crippen molar-refractivity contribution < 1.29 is 18.7 Å². The molecule has 1 amide bonds. The minimum atomic E-state index is -0.611. The summed E-state index contributed by atoms with van der Waals surface area (Å²) in [7, 11) is 1.46. The van der Waals surface area contributed by atoms with Gasteiger partial charge in [0.15, 0.2) is 6.79 Å². The van der Waals surface area contributed by atoms with Gasteiger partial charge in [-0.25, -0.2) is 4.39 Å². The average Bonchev–Trinajstić information content (AvgIpc) is 2.43. The Kier molecular flexibility index (Phi) is 6.05. The number of hydrogen-bond acceptors (Lipinski definition) is 4. The van der Waals surface area contributed by atoms with E-state index in [-0.39, 0.29) is 35.8 Å². The molecule has 1 rings (SSSR count). The first-order valence-electron chi connectivity index (χ1n) is 6.36. The Morgan fingerprint density at radius 3 is 2.76 bits per heavy atom. The van der Waals surface area contributed by atoms with Gasteiger partial charge in [-0.2, -0.15) is 0 Å². The molecule has 21 heavy (non-hydrogen) atoms. The van der Waals surface area contributed by atoms with Crippen LogP contribution in [0.5, 0.6) is 5.75 Å². The van der Waals surface area contributed by atoms with E-state index in [9.17, 15) is 9.18 Å². The first-order chi connectivity index (χ1) is 9.92. The molecule has 6 heteroatoms. The van der Waals surface area contributed by atoms with E-state index in [1.165, 1.54) is 19.3 Å². The van der Waals surface area contributed by atoms with Crippen LogP contribution in [0.3, 0.4) is 0 Å². The minimum Gasteiger partial charge on any atom is -0.467 e. The maximum Gasteiger partial charge on any atom is 0.218 e. The van der Waals surface area contributed by atoms with Crippen molar-refractivity contribution in [2.45, 2.75) is 13.3 Å². The van der Waals surface area contributed by atoms with Gasteiger partial charge in [0.1, 0.15) is 11.6 Å². The summed E-state index contributed by atoms with van der Waals surface area (Å²) in [5, 5.41) is 8.00. The second-order valence-electron chi connectivity index (χ2n) is 4.58. The van der Waals surface area contributed by atoms with Crippen molar-refractivity contribution in [2.24, 2.45) is 11.7 Å². The van der Waals surface area contributed by atoms with Crippen molar-refractivity contribution in [3.8, 4) is 5.75 Å². The molecule has 0 saturated carbocycles. The molecule has 114 valence electrons. The first kappa shape index (κ1) is 16.8. The average molecular weight is 294 g/mol. The number of amides is 1. The number of carbonyl (C=O) groups is 1. The number of nitrogens with two attached hydrogens (primary N) is 1. The van der Waals surface area contributed by atoms with E-state index >= 15 is 0 Å². The number of primary amides is 1. The number of benzene rings is 1. The largest absolute Gasteiger partial charge is 0.467 e. The fourth-order valence-electron chi connectivity index (χ4n) is 1.89. The van der Waals surface area contributed by atoms with E-state index in [0.29, 0.717) is 0 Å². The zero-order valence-electron chi connectivity index (χ0n) is 12.1. The third-order valence-electron chi connectivity index (χ3n) is 2.97. The van der Waals surface area contributed by atoms with E-state index < -0.39 is 17.6 Å². The van der Waals surface area contributed by atoms with Crippen LogP contribution in [0.25, 0.3) is 6.08 Å². The van der Waals surface area contributed by atoms with Crippen LogP contribution in [0, 0.1) is 17.1 Å². The number of ether oxygens (including phenoxy) is 2. The fourth-order valence-corrected chi connectivity index (χ4v) is 1.89. The molecular formula is C15H19FN2O3. The number of halogens is 1. The Morgan fingerprint density at radius 1 is 1.57 bits per heavy atom. The van der Waals surface area contributed by atoms with Crippen LogP contribution < -0.4 is 10.5 Å². The van der Waals surface area contributed by atoms with Gasteiger partial charge >= 0.3 is 0 Å². The van der Waals surface area contributed by atoms with E-state index in [1.807, 2.05) is 0 Å². The van der Waals surface area contributed by atoms with E-state index in [0.717, 1.165) is 0 Å². The molecular weight excluding hydrogens is 275 g/mol. The number of carbonyl (C=O) groups excluding carboxylic acids is 1. The smallest absolute Gasteiger partial charge is 0.218 e. The Hall–Kier alpha value is -2.21. The van der Waals surface area contributed by atoms with Gasteiger partial charge in [-0.15, -0.1) is 0 Å². The van der Waals surface area contributed by atoms with Crippen molar-refractivity contribution in [3.05, 3.63) is 35.7 Å². The molecule has 0 aromatic heterocycles. The molecule has 3 N–H and O–H groups in total. The molecule has 0 aliphatic heterocycles. The van der Waals surface area contributed by atoms with Crippen molar-refractivity contribution >= 4 is 17.7 Å². The molecule has 0 aliphatic rings. The lowest BCUT2D eigenvalue weighted by Gasteiger charge is -2.15. The Morgan fingerprint density at radius 2 is 2.24 bits per heavy atom. The summed E-state index contributed by atoms with van der Waals surface area (Å²) in [5.41, 5.74) is 5.36. The molecule has 0 bridgehead atoms. The molecule has 5 nitrogen and oxygen atoms in total. The van der Waals surface area contributed by atoms with Gasteiger partial charge in [-0.1, -0.05) is 19.6 Å². The predicted molar refractivity (Wildman–Crippen MR) is 78.8 cm³/mol. The SMILES string of the molecule is C=Cc1c(OCOC)ccc(C(=N)C(C)CC(N)=O)c1F. The summed E-state index contributed by atoms with van der Waals surface area (Å²) in [6, 6.07) is 2.98. The van der Waals surface area contributed by atoms with Crippen LogP contribution in [0.15, 0.2) is 18.7 Å². The zero-order valence-corrected chi connectivity index (χ0v) is 12.1. The van der Waals surface area contributed by atoms with E-state index in [1.54, 1.807) is 13.0 Å². The van der Waals surface area contributed by atoms with Crippen molar-refractivity contribution in [2.75, 3.05) is 13.9 Å². The topological polar surface area (TPSA) is 85.4 Å². The molecule has 1 aromatic carbocycles. The highest BCUT2D eigenvalue weighted by Crippen LogP contribution is 2.27. The highest BCUT2D eigenvalue weighted by molar-refractivity contribution is 6.02. The summed E-state index contributed by atoms with van der Waals surface area (Å²) in [6.07, 6.45) is 1.31. The van der Waals surface area contributed by atoms with Gasteiger partial charge in [-0.05, 0) is 12.1 Å². The summed E-state index contributed by atoms with van der Waals surface area (Å²) >= 11 is 0. The summed E-state index contributed by atoms with van der Waals surface area (Å²) < 4.78 is 24.5. The lowest BCUT2D eigenvalue weighted by Crippen LogP contribution is -2.21. The van der Waals surface area contributed by atoms with Crippen molar-refractivity contribution in [1.29, 1.82) is 5.41 Å². The third kappa shape index (κ3) is 4.13. The van der Waals surface area contributed by atoms with Crippen LogP contribution in [-0.4, -0.2) is 25.5 Å². The van der Waals surface area contributed by atoms with Crippen molar-refractivity contribution in [3.63, 3.8) is 0 Å². The van der Waals surface area contributed by atoms with Gasteiger partial charge in [0.05, 0.1) is 5.56 Å². The maximum absolute atomic E-state index is 14.5. The zero-order chi connectivity index (χ0) is 16.0. The molecule has 0 spiro atoms. The standard InChI is InChI=1S/C15H19FN2O3/c1-4-10-12(21-8-20-3)6-5-11(14(10)16)15(18)9(2)7-13(17)19/h4-6,9,18H,1,7-8H2,2-3H3,(H2,17,19). The van der Waals surface area contributed by atoms with Gasteiger partial charge in [0.2, 0.25) is 5.91 Å². The minimum absolute atomic E-state index is 0.00712. The van der Waals surface area contributed by atoms with E-state index in [4.69, 9.17) is 20.6 Å². The van der Waals surface area contributed by atoms with Gasteiger partial charge in [0.25, 0.3) is 0 Å². The molecule has 0 radical (unpaired) electrons. The van der Waals surface area contributed by atoms with Gasteiger partial charge in [0, 0.05) is 30.7 Å². The monoisotopic (exact) mass is 294 g/mol. The summed E-state index contributed by atoms with van der Waals surface area (Å²) in [6.45, 7) is 5.18. The fraction of sp³-hybridized carbons (Fsp3) is 0.333. The van der Waals surface area contributed by atoms with E-state index in [2.05, 4.69) is 6.58 Å². The van der Waals surface area contributed by atoms with Crippen LogP contribution in [0.1, 0.15) is 24.5 Å². The van der Waals surface area contributed by atoms with Crippen molar-refractivity contribution in [1.82, 2.24) is 0 Å². The normalized spacial score (nSPS) is 11.8. The summed E-state index contributed by atoms with van der Waals surface area (Å²) in [5.74, 6) is -1.33. The van der Waals surface area contributed by atoms with Gasteiger partial charge < -0.3 is 20.6 Å². The molecule has 0 saturated heterocycles. The first-order valence-corrected chi connectivity index (χ1v) is 6.36. The number of hydrogen-bond donors (Lipinski definition) is 2. The lowest BCUT2D eigenvalue weighted by atomic mass is 9.93. The van der Waals surface area contributed by atoms with Crippen LogP contribution >= 0.6 is 0 Å². The molecule has 0 aliphatic carbocycles. The number of rotatable bonds is 8. The third-order valence-corrected chi connectivity index (χ3v) is 2.97. The Bertz CT molecular complexity index is 558. The number of nitrogens with one attached hydrogen (secondary N) is 1. The van der Waals surface area contributed by atoms with Crippen LogP contribution in [-0.2, 0) is 9.53 Å². The number of methoxy groups -OCH3 is 1. The second kappa shape index (κ2) is 7.54. The predicted octanol–water partition coefficient (Wildman–Crippen LogP) is 2.33. The second-order valence-corrected chi connectivity index (χ2v) is 4.58. The van der Waals surface area contributed by atoms with Crippen LogP contribution in [0.2, 0.25) is 0 Å². The maximum atomic E-state index is 14.5. The van der Waals surface area contributed by atoms with Gasteiger partial charge in [-0.3, -0.25) is 4.79 Å². The van der Waals surface area contributed by atoms with Crippen LogP contribution in [0.4, 0.5) is 4.39 Å². The Labute approximate surface area is 123 Å².